The van der Waals surface area contributed by atoms with Gasteiger partial charge >= 0.3 is 0 Å². The van der Waals surface area contributed by atoms with Gasteiger partial charge in [-0.05, 0) is 25.3 Å². The van der Waals surface area contributed by atoms with Crippen molar-refractivity contribution in [1.82, 2.24) is 10.2 Å². The highest BCUT2D eigenvalue weighted by molar-refractivity contribution is 7.84. The molecule has 1 spiro atoms. The number of nitrogens with zero attached hydrogens (tertiary/aromatic N) is 1. The molecule has 20 heavy (non-hydrogen) atoms. The van der Waals surface area contributed by atoms with Crippen LogP contribution in [-0.4, -0.2) is 39.1 Å². The highest BCUT2D eigenvalue weighted by Gasteiger charge is 2.59. The number of rotatable bonds is 4. The van der Waals surface area contributed by atoms with E-state index in [4.69, 9.17) is 0 Å². The molecule has 2 aliphatic rings. The first-order chi connectivity index (χ1) is 9.52. The van der Waals surface area contributed by atoms with Gasteiger partial charge in [-0.3, -0.25) is 14.3 Å². The molecule has 108 valence electrons. The summed E-state index contributed by atoms with van der Waals surface area (Å²) in [6.45, 7) is 2.61. The zero-order valence-corrected chi connectivity index (χ0v) is 12.7. The molecule has 1 saturated carbocycles. The van der Waals surface area contributed by atoms with Crippen LogP contribution in [0.1, 0.15) is 30.1 Å². The first-order valence-corrected chi connectivity index (χ1v) is 8.70. The van der Waals surface area contributed by atoms with Crippen LogP contribution in [0.3, 0.4) is 0 Å². The number of carbonyl (C=O) groups is 1. The Bertz CT molecular complexity index is 569. The lowest BCUT2D eigenvalue weighted by Gasteiger charge is -2.24. The van der Waals surface area contributed by atoms with Crippen LogP contribution in [0.5, 0.6) is 0 Å². The molecule has 2 fully saturated rings. The molecule has 1 aromatic carbocycles. The Morgan fingerprint density at radius 3 is 2.80 bits per heavy atom. The van der Waals surface area contributed by atoms with Crippen LogP contribution in [0.4, 0.5) is 0 Å². The molecule has 2 atom stereocenters. The molecule has 1 heterocycles. The van der Waals surface area contributed by atoms with Crippen LogP contribution < -0.4 is 5.32 Å². The smallest absolute Gasteiger partial charge is 0.244 e. The van der Waals surface area contributed by atoms with Gasteiger partial charge in [0.1, 0.15) is 11.7 Å². The molecule has 1 aromatic rings. The summed E-state index contributed by atoms with van der Waals surface area (Å²) in [4.78, 5) is 14.4. The maximum absolute atomic E-state index is 12.5. The van der Waals surface area contributed by atoms with Crippen LogP contribution in [-0.2, 0) is 15.6 Å². The molecular weight excluding hydrogens is 272 g/mol. The number of carbonyl (C=O) groups excluding carboxylic acids is 1. The lowest BCUT2D eigenvalue weighted by molar-refractivity contribution is -0.130. The summed E-state index contributed by atoms with van der Waals surface area (Å²) in [5, 5.41) is 3.49. The quantitative estimate of drug-likeness (QED) is 0.911. The van der Waals surface area contributed by atoms with Gasteiger partial charge in [0.25, 0.3) is 0 Å². The van der Waals surface area contributed by atoms with E-state index in [0.717, 1.165) is 18.4 Å². The zero-order chi connectivity index (χ0) is 14.3. The van der Waals surface area contributed by atoms with Gasteiger partial charge in [-0.15, -0.1) is 0 Å². The molecular formula is C15H20N2O2S. The van der Waals surface area contributed by atoms with Crippen LogP contribution in [0.2, 0.25) is 0 Å². The van der Waals surface area contributed by atoms with E-state index in [0.29, 0.717) is 12.3 Å². The third kappa shape index (κ3) is 2.40. The van der Waals surface area contributed by atoms with Crippen molar-refractivity contribution < 1.29 is 9.00 Å². The normalized spacial score (nSPS) is 25.2. The number of hydrogen-bond acceptors (Lipinski definition) is 3. The Kier molecular flexibility index (Phi) is 3.42. The minimum Gasteiger partial charge on any atom is -0.320 e. The molecule has 4 nitrogen and oxygen atoms in total. The molecule has 0 bridgehead atoms. The highest BCUT2D eigenvalue weighted by atomic mass is 32.2. The molecule has 2 unspecified atom stereocenters. The average Bonchev–Trinajstić information content (AvgIpc) is 3.12. The van der Waals surface area contributed by atoms with E-state index in [1.165, 1.54) is 5.56 Å². The molecule has 3 rings (SSSR count). The second-order valence-electron chi connectivity index (χ2n) is 5.82. The topological polar surface area (TPSA) is 49.4 Å². The van der Waals surface area contributed by atoms with E-state index in [1.54, 1.807) is 6.26 Å². The summed E-state index contributed by atoms with van der Waals surface area (Å²) in [5.74, 6) is 0.709. The SMILES string of the molecule is Cc1cccc(C2NC3(CC3)C(=O)N2CCS(C)=O)c1. The molecule has 5 heteroatoms. The van der Waals surface area contributed by atoms with E-state index in [1.807, 2.05) is 11.0 Å². The molecule has 1 aliphatic carbocycles. The fourth-order valence-electron chi connectivity index (χ4n) is 2.84. The van der Waals surface area contributed by atoms with Crippen molar-refractivity contribution in [2.24, 2.45) is 0 Å². The van der Waals surface area contributed by atoms with Crippen molar-refractivity contribution in [3.05, 3.63) is 35.4 Å². The summed E-state index contributed by atoms with van der Waals surface area (Å²) in [5.41, 5.74) is 1.97. The van der Waals surface area contributed by atoms with Gasteiger partial charge in [-0.1, -0.05) is 29.8 Å². The zero-order valence-electron chi connectivity index (χ0n) is 11.9. The van der Waals surface area contributed by atoms with E-state index in [-0.39, 0.29) is 17.6 Å². The van der Waals surface area contributed by atoms with Gasteiger partial charge in [0, 0.05) is 29.4 Å². The molecule has 1 amide bonds. The third-order valence-electron chi connectivity index (χ3n) is 4.12. The third-order valence-corrected chi connectivity index (χ3v) is 4.88. The predicted molar refractivity (Wildman–Crippen MR) is 79.7 cm³/mol. The van der Waals surface area contributed by atoms with Crippen LogP contribution in [0.15, 0.2) is 24.3 Å². The molecule has 1 N–H and O–H groups in total. The number of benzene rings is 1. The standard InChI is InChI=1S/C15H20N2O2S/c1-11-4-3-5-12(10-11)13-16-15(6-7-15)14(18)17(13)8-9-20(2)19/h3-5,10,13,16H,6-9H2,1-2H3. The Labute approximate surface area is 122 Å². The highest BCUT2D eigenvalue weighted by Crippen LogP contribution is 2.45. The van der Waals surface area contributed by atoms with Gasteiger partial charge in [0.05, 0.1) is 0 Å². The molecule has 1 aliphatic heterocycles. The van der Waals surface area contributed by atoms with Gasteiger partial charge in [0.2, 0.25) is 5.91 Å². The summed E-state index contributed by atoms with van der Waals surface area (Å²) >= 11 is 0. The predicted octanol–water partition coefficient (Wildman–Crippen LogP) is 1.34. The number of hydrogen-bond donors (Lipinski definition) is 1. The van der Waals surface area contributed by atoms with Crippen molar-refractivity contribution >= 4 is 16.7 Å². The summed E-state index contributed by atoms with van der Waals surface area (Å²) in [7, 11) is -0.878. The second kappa shape index (κ2) is 4.97. The maximum Gasteiger partial charge on any atom is 0.244 e. The first kappa shape index (κ1) is 13.8. The van der Waals surface area contributed by atoms with Crippen molar-refractivity contribution in [3.63, 3.8) is 0 Å². The van der Waals surface area contributed by atoms with Gasteiger partial charge in [-0.2, -0.15) is 0 Å². The van der Waals surface area contributed by atoms with E-state index >= 15 is 0 Å². The Balaban J connectivity index is 1.87. The largest absolute Gasteiger partial charge is 0.320 e. The first-order valence-electron chi connectivity index (χ1n) is 6.97. The lowest BCUT2D eigenvalue weighted by Crippen LogP contribution is -2.34. The number of aryl methyl sites for hydroxylation is 1. The molecule has 0 radical (unpaired) electrons. The van der Waals surface area contributed by atoms with Crippen molar-refractivity contribution in [3.8, 4) is 0 Å². The van der Waals surface area contributed by atoms with E-state index in [2.05, 4.69) is 30.4 Å². The summed E-state index contributed by atoms with van der Waals surface area (Å²) in [6, 6.07) is 8.24. The van der Waals surface area contributed by atoms with E-state index < -0.39 is 10.8 Å². The minimum atomic E-state index is -0.878. The molecule has 0 aromatic heterocycles. The van der Waals surface area contributed by atoms with Crippen molar-refractivity contribution in [1.29, 1.82) is 0 Å². The second-order valence-corrected chi connectivity index (χ2v) is 7.37. The fraction of sp³-hybridized carbons (Fsp3) is 0.533. The Hall–Kier alpha value is -1.20. The Morgan fingerprint density at radius 2 is 2.20 bits per heavy atom. The van der Waals surface area contributed by atoms with Gasteiger partial charge < -0.3 is 4.90 Å². The maximum atomic E-state index is 12.5. The van der Waals surface area contributed by atoms with E-state index in [9.17, 15) is 9.00 Å². The van der Waals surface area contributed by atoms with Crippen molar-refractivity contribution in [2.75, 3.05) is 18.6 Å². The minimum absolute atomic E-state index is 0.0755. The monoisotopic (exact) mass is 292 g/mol. The van der Waals surface area contributed by atoms with Crippen LogP contribution in [0.25, 0.3) is 0 Å². The Morgan fingerprint density at radius 1 is 1.45 bits per heavy atom. The number of nitrogens with one attached hydrogen (secondary N) is 1. The van der Waals surface area contributed by atoms with Crippen LogP contribution in [0, 0.1) is 6.92 Å². The summed E-state index contributed by atoms with van der Waals surface area (Å²) < 4.78 is 11.3. The average molecular weight is 292 g/mol. The lowest BCUT2D eigenvalue weighted by atomic mass is 10.1. The number of amides is 1. The molecule has 1 saturated heterocycles. The fourth-order valence-corrected chi connectivity index (χ4v) is 3.29. The van der Waals surface area contributed by atoms with Crippen LogP contribution >= 0.6 is 0 Å². The van der Waals surface area contributed by atoms with Crippen molar-refractivity contribution in [2.45, 2.75) is 31.5 Å². The van der Waals surface area contributed by atoms with Gasteiger partial charge in [-0.25, -0.2) is 0 Å². The summed E-state index contributed by atoms with van der Waals surface area (Å²) in [6.07, 6.45) is 3.44. The van der Waals surface area contributed by atoms with Gasteiger partial charge in [0.15, 0.2) is 0 Å².